The lowest BCUT2D eigenvalue weighted by atomic mass is 10.0. The number of fused-ring (bicyclic) bond motifs is 1. The zero-order valence-corrected chi connectivity index (χ0v) is 17.8. The molecule has 0 amide bonds. The van der Waals surface area contributed by atoms with Crippen LogP contribution in [0.5, 0.6) is 0 Å². The molecule has 0 aliphatic carbocycles. The van der Waals surface area contributed by atoms with Crippen molar-refractivity contribution < 1.29 is 14.0 Å². The Labute approximate surface area is 177 Å². The minimum absolute atomic E-state index is 0.0638. The minimum atomic E-state index is -0.386. The molecule has 0 atom stereocenters. The Morgan fingerprint density at radius 3 is 1.86 bits per heavy atom. The van der Waals surface area contributed by atoms with Gasteiger partial charge in [-0.05, 0) is 95.2 Å². The Morgan fingerprint density at radius 2 is 1.28 bits per heavy atom. The molecule has 0 aliphatic rings. The van der Waals surface area contributed by atoms with E-state index in [1.54, 1.807) is 26.0 Å². The lowest BCUT2D eigenvalue weighted by Gasteiger charge is -2.08. The number of carbonyl (C=O) groups is 2. The Bertz CT molecular complexity index is 1160. The first-order valence-electron chi connectivity index (χ1n) is 8.83. The van der Waals surface area contributed by atoms with Gasteiger partial charge < -0.3 is 0 Å². The molecule has 3 rings (SSSR count). The predicted octanol–water partition coefficient (Wildman–Crippen LogP) is 7.04. The molecule has 0 aliphatic heterocycles. The number of rotatable bonds is 5. The average molecular weight is 423 g/mol. The van der Waals surface area contributed by atoms with Crippen molar-refractivity contribution in [2.45, 2.75) is 23.6 Å². The van der Waals surface area contributed by atoms with Gasteiger partial charge in [0.1, 0.15) is 5.82 Å². The first-order valence-corrected chi connectivity index (χ1v) is 10.5. The van der Waals surface area contributed by atoms with E-state index in [0.717, 1.165) is 44.8 Å². The fourth-order valence-corrected chi connectivity index (χ4v) is 4.03. The third kappa shape index (κ3) is 5.05. The van der Waals surface area contributed by atoms with E-state index in [9.17, 15) is 14.0 Å². The van der Waals surface area contributed by atoms with Crippen LogP contribution >= 0.6 is 23.5 Å². The molecule has 0 spiro atoms. The summed E-state index contributed by atoms with van der Waals surface area (Å²) in [4.78, 5) is 25.0. The van der Waals surface area contributed by atoms with E-state index in [1.165, 1.54) is 6.07 Å². The van der Waals surface area contributed by atoms with Gasteiger partial charge in [-0.25, -0.2) is 4.39 Å². The molecule has 0 unspecified atom stereocenters. The molecule has 29 heavy (non-hydrogen) atoms. The van der Waals surface area contributed by atoms with Crippen LogP contribution < -0.4 is 0 Å². The van der Waals surface area contributed by atoms with Gasteiger partial charge in [0.15, 0.2) is 0 Å². The number of benzene rings is 3. The van der Waals surface area contributed by atoms with Crippen molar-refractivity contribution in [1.29, 1.82) is 0 Å². The van der Waals surface area contributed by atoms with E-state index in [2.05, 4.69) is 13.2 Å². The van der Waals surface area contributed by atoms with Crippen molar-refractivity contribution in [3.63, 3.8) is 0 Å². The van der Waals surface area contributed by atoms with Gasteiger partial charge in [0.05, 0.1) is 0 Å². The third-order valence-electron chi connectivity index (χ3n) is 4.18. The second-order valence-electron chi connectivity index (χ2n) is 6.71. The Hall–Kier alpha value is -2.63. The van der Waals surface area contributed by atoms with Crippen LogP contribution in [0.15, 0.2) is 88.7 Å². The van der Waals surface area contributed by atoms with Gasteiger partial charge in [-0.2, -0.15) is 0 Å². The molecule has 5 heteroatoms. The molecular formula is C24H19FO2S2. The van der Waals surface area contributed by atoms with Crippen LogP contribution in [0.2, 0.25) is 0 Å². The highest BCUT2D eigenvalue weighted by atomic mass is 32.2. The lowest BCUT2D eigenvalue weighted by Crippen LogP contribution is -1.92. The van der Waals surface area contributed by atoms with Crippen molar-refractivity contribution in [1.82, 2.24) is 0 Å². The summed E-state index contributed by atoms with van der Waals surface area (Å²) >= 11 is 2.11. The van der Waals surface area contributed by atoms with Gasteiger partial charge in [-0.3, -0.25) is 9.59 Å². The fraction of sp³-hybridized carbons (Fsp3) is 0.0833. The molecule has 2 nitrogen and oxygen atoms in total. The second kappa shape index (κ2) is 8.80. The van der Waals surface area contributed by atoms with Gasteiger partial charge in [0, 0.05) is 15.4 Å². The summed E-state index contributed by atoms with van der Waals surface area (Å²) in [5, 5.41) is 1.67. The van der Waals surface area contributed by atoms with Gasteiger partial charge in [0.2, 0.25) is 10.2 Å². The summed E-state index contributed by atoms with van der Waals surface area (Å²) in [6.45, 7) is 10.6. The molecule has 0 heterocycles. The van der Waals surface area contributed by atoms with Gasteiger partial charge in [-0.1, -0.05) is 37.4 Å². The van der Waals surface area contributed by atoms with Crippen molar-refractivity contribution >= 4 is 44.5 Å². The van der Waals surface area contributed by atoms with Crippen LogP contribution in [0.3, 0.4) is 0 Å². The van der Waals surface area contributed by atoms with E-state index in [4.69, 9.17) is 0 Å². The molecule has 0 saturated carbocycles. The average Bonchev–Trinajstić information content (AvgIpc) is 2.67. The molecule has 0 bridgehead atoms. The summed E-state index contributed by atoms with van der Waals surface area (Å²) in [7, 11) is 0. The van der Waals surface area contributed by atoms with E-state index < -0.39 is 0 Å². The smallest absolute Gasteiger partial charge is 0.219 e. The second-order valence-corrected chi connectivity index (χ2v) is 8.80. The largest absolute Gasteiger partial charge is 0.282 e. The maximum Gasteiger partial charge on any atom is 0.219 e. The Balaban J connectivity index is 1.88. The quantitative estimate of drug-likeness (QED) is 0.326. The Kier molecular flexibility index (Phi) is 6.40. The molecule has 0 aromatic heterocycles. The van der Waals surface area contributed by atoms with Crippen molar-refractivity contribution in [3.8, 4) is 11.1 Å². The lowest BCUT2D eigenvalue weighted by molar-refractivity contribution is -0.108. The van der Waals surface area contributed by atoms with Crippen molar-refractivity contribution in [2.24, 2.45) is 0 Å². The summed E-state index contributed by atoms with van der Waals surface area (Å²) in [6.07, 6.45) is 0. The molecule has 0 fully saturated rings. The van der Waals surface area contributed by atoms with Crippen molar-refractivity contribution in [2.75, 3.05) is 0 Å². The highest BCUT2D eigenvalue weighted by molar-refractivity contribution is 8.14. The zero-order chi connectivity index (χ0) is 21.1. The minimum Gasteiger partial charge on any atom is -0.282 e. The van der Waals surface area contributed by atoms with Crippen LogP contribution in [-0.4, -0.2) is 10.2 Å². The zero-order valence-electron chi connectivity index (χ0n) is 16.1. The number of halogens is 1. The van der Waals surface area contributed by atoms with Crippen LogP contribution in [0.25, 0.3) is 21.9 Å². The highest BCUT2D eigenvalue weighted by Crippen LogP contribution is 2.32. The van der Waals surface area contributed by atoms with E-state index >= 15 is 0 Å². The first kappa shape index (κ1) is 21.1. The number of carbonyl (C=O) groups excluding carboxylic acids is 2. The summed E-state index contributed by atoms with van der Waals surface area (Å²) < 4.78 is 14.7. The summed E-state index contributed by atoms with van der Waals surface area (Å²) in [5.74, 6) is -0.386. The van der Waals surface area contributed by atoms with Crippen molar-refractivity contribution in [3.05, 3.63) is 84.7 Å². The maximum atomic E-state index is 14.7. The van der Waals surface area contributed by atoms with E-state index in [-0.39, 0.29) is 16.0 Å². The standard InChI is InChI=1S/C24H19FO2S2/c1-14(2)23(26)28-19-8-7-16-11-18(6-5-17(16)12-19)21-10-9-20(13-22(21)25)29-24(27)15(3)4/h5-13H,1,3H2,2,4H3. The molecule has 146 valence electrons. The number of thioether (sulfide) groups is 2. The fourth-order valence-electron chi connectivity index (χ4n) is 2.64. The van der Waals surface area contributed by atoms with Crippen LogP contribution in [-0.2, 0) is 9.59 Å². The monoisotopic (exact) mass is 422 g/mol. The van der Waals surface area contributed by atoms with Gasteiger partial charge >= 0.3 is 0 Å². The molecule has 0 saturated heterocycles. The normalized spacial score (nSPS) is 10.7. The molecule has 3 aromatic carbocycles. The van der Waals surface area contributed by atoms with Crippen LogP contribution in [0, 0.1) is 5.82 Å². The maximum absolute atomic E-state index is 14.7. The third-order valence-corrected chi connectivity index (χ3v) is 6.23. The topological polar surface area (TPSA) is 34.1 Å². The summed E-state index contributed by atoms with van der Waals surface area (Å²) in [6, 6.07) is 16.2. The molecule has 3 aromatic rings. The van der Waals surface area contributed by atoms with Gasteiger partial charge in [0.25, 0.3) is 0 Å². The SMILES string of the molecule is C=C(C)C(=O)Sc1ccc(-c2ccc3cc(SC(=O)C(=C)C)ccc3c2)c(F)c1. The first-order chi connectivity index (χ1) is 13.7. The molecular weight excluding hydrogens is 403 g/mol. The van der Waals surface area contributed by atoms with Crippen LogP contribution in [0.4, 0.5) is 4.39 Å². The summed E-state index contributed by atoms with van der Waals surface area (Å²) in [5.41, 5.74) is 2.15. The molecule has 0 N–H and O–H groups in total. The Morgan fingerprint density at radius 1 is 0.759 bits per heavy atom. The number of hydrogen-bond acceptors (Lipinski definition) is 4. The van der Waals surface area contributed by atoms with E-state index in [0.29, 0.717) is 21.6 Å². The molecule has 0 radical (unpaired) electrons. The van der Waals surface area contributed by atoms with E-state index in [1.807, 2.05) is 36.4 Å². The highest BCUT2D eigenvalue weighted by Gasteiger charge is 2.11. The van der Waals surface area contributed by atoms with Crippen LogP contribution in [0.1, 0.15) is 13.8 Å². The predicted molar refractivity (Wildman–Crippen MR) is 121 cm³/mol. The number of hydrogen-bond donors (Lipinski definition) is 0. The van der Waals surface area contributed by atoms with Gasteiger partial charge in [-0.15, -0.1) is 0 Å².